The number of thioether (sulfide) groups is 1. The number of nitrogens with one attached hydrogen (secondary N) is 1. The molecule has 1 atom stereocenters. The van der Waals surface area contributed by atoms with Crippen molar-refractivity contribution in [3.63, 3.8) is 0 Å². The van der Waals surface area contributed by atoms with Gasteiger partial charge in [0.2, 0.25) is 0 Å². The summed E-state index contributed by atoms with van der Waals surface area (Å²) in [6.07, 6.45) is 0.190. The third-order valence-corrected chi connectivity index (χ3v) is 4.97. The van der Waals surface area contributed by atoms with E-state index in [4.69, 9.17) is 4.74 Å². The number of ether oxygens (including phenoxy) is 1. The molecule has 4 heteroatoms. The molecule has 0 fully saturated rings. The largest absolute Gasteiger partial charge is 0.480 e. The van der Waals surface area contributed by atoms with Crippen molar-refractivity contribution in [2.45, 2.75) is 45.1 Å². The van der Waals surface area contributed by atoms with Gasteiger partial charge in [-0.1, -0.05) is 42.3 Å². The number of carbonyl (C=O) groups is 1. The first-order chi connectivity index (χ1) is 12.0. The van der Waals surface area contributed by atoms with E-state index in [1.165, 1.54) is 16.0 Å². The van der Waals surface area contributed by atoms with Crippen LogP contribution in [0, 0.1) is 20.8 Å². The highest BCUT2D eigenvalue weighted by molar-refractivity contribution is 7.99. The van der Waals surface area contributed by atoms with Gasteiger partial charge < -0.3 is 10.1 Å². The number of amides is 1. The Balaban J connectivity index is 1.80. The van der Waals surface area contributed by atoms with E-state index in [0.717, 1.165) is 17.1 Å². The fraction of sp³-hybridized carbons (Fsp3) is 0.381. The van der Waals surface area contributed by atoms with Crippen molar-refractivity contribution in [2.75, 3.05) is 12.3 Å². The molecule has 0 radical (unpaired) electrons. The van der Waals surface area contributed by atoms with Crippen LogP contribution in [0.3, 0.4) is 0 Å². The minimum atomic E-state index is -0.453. The number of hydrogen-bond acceptors (Lipinski definition) is 3. The Morgan fingerprint density at radius 3 is 2.40 bits per heavy atom. The van der Waals surface area contributed by atoms with Gasteiger partial charge in [0.25, 0.3) is 5.91 Å². The summed E-state index contributed by atoms with van der Waals surface area (Å²) in [6.45, 7) is 8.73. The van der Waals surface area contributed by atoms with Gasteiger partial charge in [0, 0.05) is 17.2 Å². The molecule has 0 aliphatic carbocycles. The van der Waals surface area contributed by atoms with Crippen molar-refractivity contribution in [2.24, 2.45) is 0 Å². The van der Waals surface area contributed by atoms with E-state index in [1.54, 1.807) is 11.8 Å². The van der Waals surface area contributed by atoms with Crippen molar-refractivity contribution in [3.8, 4) is 5.75 Å². The first-order valence-corrected chi connectivity index (χ1v) is 9.69. The molecule has 134 valence electrons. The summed E-state index contributed by atoms with van der Waals surface area (Å²) in [5, 5.41) is 2.98. The average Bonchev–Trinajstić information content (AvgIpc) is 2.59. The first-order valence-electron chi connectivity index (χ1n) is 8.70. The lowest BCUT2D eigenvalue weighted by molar-refractivity contribution is -0.128. The average molecular weight is 358 g/mol. The molecule has 0 spiro atoms. The lowest BCUT2D eigenvalue weighted by Crippen LogP contribution is -2.39. The van der Waals surface area contributed by atoms with Crippen LogP contribution < -0.4 is 10.1 Å². The molecule has 0 aliphatic heterocycles. The van der Waals surface area contributed by atoms with E-state index in [2.05, 4.69) is 42.6 Å². The minimum absolute atomic E-state index is 0.0491. The van der Waals surface area contributed by atoms with Gasteiger partial charge in [0.15, 0.2) is 6.10 Å². The summed E-state index contributed by atoms with van der Waals surface area (Å²) >= 11 is 1.74. The Hall–Kier alpha value is -1.94. The quantitative estimate of drug-likeness (QED) is 0.551. The smallest absolute Gasteiger partial charge is 0.261 e. The summed E-state index contributed by atoms with van der Waals surface area (Å²) in [5.41, 5.74) is 3.50. The van der Waals surface area contributed by atoms with Gasteiger partial charge in [-0.2, -0.15) is 0 Å². The van der Waals surface area contributed by atoms with Crippen molar-refractivity contribution in [3.05, 3.63) is 59.2 Å². The second-order valence-electron chi connectivity index (χ2n) is 6.24. The van der Waals surface area contributed by atoms with Crippen LogP contribution in [0.2, 0.25) is 0 Å². The molecule has 2 rings (SSSR count). The molecule has 2 aromatic carbocycles. The fourth-order valence-electron chi connectivity index (χ4n) is 2.50. The van der Waals surface area contributed by atoms with Gasteiger partial charge in [-0.05, 0) is 51.0 Å². The molecule has 2 aromatic rings. The fourth-order valence-corrected chi connectivity index (χ4v) is 3.27. The van der Waals surface area contributed by atoms with Crippen LogP contribution in [0.1, 0.15) is 30.0 Å². The predicted molar refractivity (Wildman–Crippen MR) is 106 cm³/mol. The number of hydrogen-bond donors (Lipinski definition) is 1. The maximum Gasteiger partial charge on any atom is 0.261 e. The second kappa shape index (κ2) is 9.52. The molecule has 0 bridgehead atoms. The van der Waals surface area contributed by atoms with Crippen LogP contribution in [0.5, 0.6) is 5.75 Å². The monoisotopic (exact) mass is 357 g/mol. The van der Waals surface area contributed by atoms with Crippen molar-refractivity contribution >= 4 is 17.7 Å². The van der Waals surface area contributed by atoms with E-state index in [1.807, 2.05) is 32.9 Å². The molecule has 0 heterocycles. The minimum Gasteiger partial charge on any atom is -0.480 e. The molecule has 25 heavy (non-hydrogen) atoms. The molecule has 1 N–H and O–H groups in total. The summed E-state index contributed by atoms with van der Waals surface area (Å²) in [4.78, 5) is 13.6. The Kier molecular flexibility index (Phi) is 7.38. The Morgan fingerprint density at radius 1 is 1.08 bits per heavy atom. The van der Waals surface area contributed by atoms with Gasteiger partial charge in [-0.25, -0.2) is 0 Å². The predicted octanol–water partition coefficient (Wildman–Crippen LogP) is 4.68. The third kappa shape index (κ3) is 6.13. The number of carbonyl (C=O) groups excluding carboxylic acids is 1. The van der Waals surface area contributed by atoms with Crippen LogP contribution in [0.4, 0.5) is 0 Å². The van der Waals surface area contributed by atoms with Gasteiger partial charge >= 0.3 is 0 Å². The molecule has 0 saturated carbocycles. The lowest BCUT2D eigenvalue weighted by atomic mass is 10.1. The summed E-state index contributed by atoms with van der Waals surface area (Å²) in [6, 6.07) is 14.4. The van der Waals surface area contributed by atoms with Gasteiger partial charge in [0.1, 0.15) is 5.75 Å². The highest BCUT2D eigenvalue weighted by Gasteiger charge is 2.18. The van der Waals surface area contributed by atoms with Crippen LogP contribution >= 0.6 is 11.8 Å². The maximum absolute atomic E-state index is 12.4. The Morgan fingerprint density at radius 2 is 1.76 bits per heavy atom. The Labute approximate surface area is 155 Å². The van der Waals surface area contributed by atoms with E-state index >= 15 is 0 Å². The zero-order valence-corrected chi connectivity index (χ0v) is 16.3. The molecule has 0 unspecified atom stereocenters. The highest BCUT2D eigenvalue weighted by atomic mass is 32.2. The van der Waals surface area contributed by atoms with Gasteiger partial charge in [-0.3, -0.25) is 4.79 Å². The number of aryl methyl sites for hydroxylation is 3. The molecular weight excluding hydrogens is 330 g/mol. The molecular formula is C21H27NO2S. The topological polar surface area (TPSA) is 38.3 Å². The lowest BCUT2D eigenvalue weighted by Gasteiger charge is -2.19. The zero-order valence-electron chi connectivity index (χ0n) is 15.5. The van der Waals surface area contributed by atoms with Gasteiger partial charge in [-0.15, -0.1) is 11.8 Å². The summed E-state index contributed by atoms with van der Waals surface area (Å²) in [5.74, 6) is 1.57. The van der Waals surface area contributed by atoms with Crippen molar-refractivity contribution in [1.29, 1.82) is 0 Å². The third-order valence-electron chi connectivity index (χ3n) is 3.95. The normalized spacial score (nSPS) is 11.8. The van der Waals surface area contributed by atoms with Crippen LogP contribution in [0.15, 0.2) is 47.4 Å². The number of benzene rings is 2. The molecule has 0 aliphatic rings. The SMILES string of the molecule is CC[C@@H](Oc1ccc(C)cc1C)C(=O)NCCSc1ccc(C)cc1. The van der Waals surface area contributed by atoms with Crippen LogP contribution in [0.25, 0.3) is 0 Å². The molecule has 3 nitrogen and oxygen atoms in total. The zero-order chi connectivity index (χ0) is 18.2. The van der Waals surface area contributed by atoms with Crippen molar-refractivity contribution < 1.29 is 9.53 Å². The number of rotatable bonds is 8. The van der Waals surface area contributed by atoms with Crippen LogP contribution in [-0.4, -0.2) is 24.3 Å². The van der Waals surface area contributed by atoms with Gasteiger partial charge in [0.05, 0.1) is 0 Å². The maximum atomic E-state index is 12.4. The van der Waals surface area contributed by atoms with E-state index in [0.29, 0.717) is 13.0 Å². The standard InChI is InChI=1S/C21H27NO2S/c1-5-19(24-20-11-8-16(3)14-17(20)4)21(23)22-12-13-25-18-9-6-15(2)7-10-18/h6-11,14,19H,5,12-13H2,1-4H3,(H,22,23)/t19-/m1/s1. The molecule has 0 saturated heterocycles. The van der Waals surface area contributed by atoms with Crippen LogP contribution in [-0.2, 0) is 4.79 Å². The first kappa shape index (κ1) is 19.4. The van der Waals surface area contributed by atoms with E-state index < -0.39 is 6.10 Å². The Bertz CT molecular complexity index is 698. The van der Waals surface area contributed by atoms with E-state index in [-0.39, 0.29) is 5.91 Å². The second-order valence-corrected chi connectivity index (χ2v) is 7.40. The summed E-state index contributed by atoms with van der Waals surface area (Å²) < 4.78 is 5.92. The molecule has 0 aromatic heterocycles. The highest BCUT2D eigenvalue weighted by Crippen LogP contribution is 2.21. The van der Waals surface area contributed by atoms with E-state index in [9.17, 15) is 4.79 Å². The summed E-state index contributed by atoms with van der Waals surface area (Å²) in [7, 11) is 0. The van der Waals surface area contributed by atoms with Crippen molar-refractivity contribution in [1.82, 2.24) is 5.32 Å². The molecule has 1 amide bonds.